The highest BCUT2D eigenvalue weighted by Crippen LogP contribution is 2.36. The van der Waals surface area contributed by atoms with Gasteiger partial charge in [-0.2, -0.15) is 13.2 Å². The molecule has 17 heavy (non-hydrogen) atoms. The highest BCUT2D eigenvalue weighted by atomic mass is 127. The summed E-state index contributed by atoms with van der Waals surface area (Å²) in [6.45, 7) is 3.15. The molecule has 94 valence electrons. The summed E-state index contributed by atoms with van der Waals surface area (Å²) in [6.07, 6.45) is -4.45. The summed E-state index contributed by atoms with van der Waals surface area (Å²) < 4.78 is 43.0. The molecule has 0 spiro atoms. The zero-order chi connectivity index (χ0) is 13.2. The van der Waals surface area contributed by atoms with Crippen LogP contribution >= 0.6 is 22.6 Å². The second-order valence-corrected chi connectivity index (χ2v) is 4.48. The van der Waals surface area contributed by atoms with Gasteiger partial charge in [0.05, 0.1) is 17.7 Å². The summed E-state index contributed by atoms with van der Waals surface area (Å²) in [5.74, 6) is -0.340. The van der Waals surface area contributed by atoms with Crippen molar-refractivity contribution in [1.82, 2.24) is 0 Å². The molecule has 0 saturated heterocycles. The van der Waals surface area contributed by atoms with E-state index in [0.29, 0.717) is 0 Å². The standard InChI is InChI=1S/C11H10F3IO2/c1-3-17-10-5-8(11(12,13)14)9(15)4-7(10)6(2)16/h4-5H,3H2,1-2H3. The number of ketones is 1. The van der Waals surface area contributed by atoms with Crippen molar-refractivity contribution in [3.8, 4) is 5.75 Å². The third-order valence-electron chi connectivity index (χ3n) is 2.05. The highest BCUT2D eigenvalue weighted by molar-refractivity contribution is 14.1. The maximum absolute atomic E-state index is 12.7. The summed E-state index contributed by atoms with van der Waals surface area (Å²) in [4.78, 5) is 11.3. The molecule has 0 bridgehead atoms. The molecule has 0 heterocycles. The maximum atomic E-state index is 12.7. The Morgan fingerprint density at radius 2 is 2.00 bits per heavy atom. The molecule has 1 aromatic rings. The predicted octanol–water partition coefficient (Wildman–Crippen LogP) is 3.91. The second kappa shape index (κ2) is 5.24. The maximum Gasteiger partial charge on any atom is 0.417 e. The fraction of sp³-hybridized carbons (Fsp3) is 0.364. The average Bonchev–Trinajstić information content (AvgIpc) is 2.18. The van der Waals surface area contributed by atoms with Gasteiger partial charge in [0.1, 0.15) is 5.75 Å². The summed E-state index contributed by atoms with van der Waals surface area (Å²) >= 11 is 1.56. The van der Waals surface area contributed by atoms with Crippen molar-refractivity contribution in [2.24, 2.45) is 0 Å². The van der Waals surface area contributed by atoms with Gasteiger partial charge in [-0.1, -0.05) is 0 Å². The van der Waals surface area contributed by atoms with Gasteiger partial charge in [-0.25, -0.2) is 0 Å². The Balaban J connectivity index is 3.40. The van der Waals surface area contributed by atoms with Crippen LogP contribution in [0.4, 0.5) is 13.2 Å². The van der Waals surface area contributed by atoms with Gasteiger partial charge in [0.15, 0.2) is 5.78 Å². The lowest BCUT2D eigenvalue weighted by atomic mass is 10.1. The van der Waals surface area contributed by atoms with Crippen molar-refractivity contribution in [2.75, 3.05) is 6.61 Å². The first-order chi connectivity index (χ1) is 7.77. The highest BCUT2D eigenvalue weighted by Gasteiger charge is 2.34. The number of hydrogen-bond donors (Lipinski definition) is 0. The van der Waals surface area contributed by atoms with E-state index in [4.69, 9.17) is 4.74 Å². The van der Waals surface area contributed by atoms with E-state index >= 15 is 0 Å². The summed E-state index contributed by atoms with van der Waals surface area (Å²) in [5.41, 5.74) is -0.615. The largest absolute Gasteiger partial charge is 0.493 e. The smallest absolute Gasteiger partial charge is 0.417 e. The number of hydrogen-bond acceptors (Lipinski definition) is 2. The Kier molecular flexibility index (Phi) is 4.40. The molecule has 0 aliphatic rings. The topological polar surface area (TPSA) is 26.3 Å². The Morgan fingerprint density at radius 3 is 2.41 bits per heavy atom. The van der Waals surface area contributed by atoms with Crippen molar-refractivity contribution in [2.45, 2.75) is 20.0 Å². The molecule has 0 N–H and O–H groups in total. The Labute approximate surface area is 110 Å². The van der Waals surface area contributed by atoms with E-state index in [1.54, 1.807) is 29.5 Å². The first-order valence-electron chi connectivity index (χ1n) is 4.81. The van der Waals surface area contributed by atoms with Crippen LogP contribution in [0, 0.1) is 3.57 Å². The number of carbonyl (C=O) groups is 1. The zero-order valence-corrected chi connectivity index (χ0v) is 11.3. The minimum Gasteiger partial charge on any atom is -0.493 e. The van der Waals surface area contributed by atoms with Crippen LogP contribution in [0.25, 0.3) is 0 Å². The van der Waals surface area contributed by atoms with Crippen LogP contribution in [0.5, 0.6) is 5.75 Å². The average molecular weight is 358 g/mol. The number of Topliss-reactive ketones (excluding diaryl/α,β-unsaturated/α-hetero) is 1. The van der Waals surface area contributed by atoms with Crippen molar-refractivity contribution in [3.05, 3.63) is 26.8 Å². The second-order valence-electron chi connectivity index (χ2n) is 3.32. The molecular formula is C11H10F3IO2. The summed E-state index contributed by atoms with van der Waals surface area (Å²) in [6, 6.07) is 2.08. The van der Waals surface area contributed by atoms with Gasteiger partial charge in [0.25, 0.3) is 0 Å². The normalized spacial score (nSPS) is 11.4. The van der Waals surface area contributed by atoms with Crippen molar-refractivity contribution >= 4 is 28.4 Å². The van der Waals surface area contributed by atoms with E-state index in [0.717, 1.165) is 6.07 Å². The van der Waals surface area contributed by atoms with E-state index in [1.165, 1.54) is 13.0 Å². The van der Waals surface area contributed by atoms with Gasteiger partial charge in [-0.15, -0.1) is 0 Å². The molecular weight excluding hydrogens is 348 g/mol. The molecule has 0 aliphatic heterocycles. The van der Waals surface area contributed by atoms with Gasteiger partial charge in [0, 0.05) is 3.57 Å². The van der Waals surface area contributed by atoms with Crippen LogP contribution < -0.4 is 4.74 Å². The van der Waals surface area contributed by atoms with E-state index in [9.17, 15) is 18.0 Å². The van der Waals surface area contributed by atoms with Crippen molar-refractivity contribution in [1.29, 1.82) is 0 Å². The molecule has 0 aliphatic carbocycles. The minimum atomic E-state index is -4.45. The fourth-order valence-corrected chi connectivity index (χ4v) is 2.09. The van der Waals surface area contributed by atoms with Crippen LogP contribution in [0.1, 0.15) is 29.8 Å². The molecule has 0 fully saturated rings. The predicted molar refractivity (Wildman–Crippen MR) is 65.3 cm³/mol. The third kappa shape index (κ3) is 3.34. The van der Waals surface area contributed by atoms with Gasteiger partial charge in [-0.05, 0) is 48.6 Å². The number of halogens is 4. The van der Waals surface area contributed by atoms with Crippen LogP contribution in [-0.2, 0) is 6.18 Å². The van der Waals surface area contributed by atoms with Gasteiger partial charge in [-0.3, -0.25) is 4.79 Å². The molecule has 2 nitrogen and oxygen atoms in total. The van der Waals surface area contributed by atoms with Gasteiger partial charge < -0.3 is 4.74 Å². The lowest BCUT2D eigenvalue weighted by Gasteiger charge is -2.14. The van der Waals surface area contributed by atoms with Crippen LogP contribution in [0.2, 0.25) is 0 Å². The van der Waals surface area contributed by atoms with Crippen LogP contribution in [-0.4, -0.2) is 12.4 Å². The van der Waals surface area contributed by atoms with E-state index in [1.807, 2.05) is 0 Å². The Bertz CT molecular complexity index is 441. The van der Waals surface area contributed by atoms with Crippen LogP contribution in [0.3, 0.4) is 0 Å². The van der Waals surface area contributed by atoms with Crippen molar-refractivity contribution < 1.29 is 22.7 Å². The number of carbonyl (C=O) groups excluding carboxylic acids is 1. The molecule has 0 aromatic heterocycles. The quantitative estimate of drug-likeness (QED) is 0.605. The zero-order valence-electron chi connectivity index (χ0n) is 9.19. The summed E-state index contributed by atoms with van der Waals surface area (Å²) in [5, 5.41) is 0. The Hall–Kier alpha value is -0.790. The molecule has 1 rings (SSSR count). The first-order valence-corrected chi connectivity index (χ1v) is 5.89. The third-order valence-corrected chi connectivity index (χ3v) is 2.95. The van der Waals surface area contributed by atoms with Gasteiger partial charge >= 0.3 is 6.18 Å². The molecule has 6 heteroatoms. The molecule has 0 unspecified atom stereocenters. The van der Waals surface area contributed by atoms with Crippen molar-refractivity contribution in [3.63, 3.8) is 0 Å². The molecule has 0 amide bonds. The molecule has 0 atom stereocenters. The fourth-order valence-electron chi connectivity index (χ4n) is 1.32. The number of benzene rings is 1. The Morgan fingerprint density at radius 1 is 1.41 bits per heavy atom. The summed E-state index contributed by atoms with van der Waals surface area (Å²) in [7, 11) is 0. The number of alkyl halides is 3. The van der Waals surface area contributed by atoms with Crippen LogP contribution in [0.15, 0.2) is 12.1 Å². The van der Waals surface area contributed by atoms with E-state index in [-0.39, 0.29) is 27.3 Å². The van der Waals surface area contributed by atoms with E-state index in [2.05, 4.69) is 0 Å². The SMILES string of the molecule is CCOc1cc(C(F)(F)F)c(I)cc1C(C)=O. The minimum absolute atomic E-state index is 0.0104. The van der Waals surface area contributed by atoms with Gasteiger partial charge in [0.2, 0.25) is 0 Å². The number of ether oxygens (including phenoxy) is 1. The van der Waals surface area contributed by atoms with E-state index < -0.39 is 11.7 Å². The molecule has 0 saturated carbocycles. The lowest BCUT2D eigenvalue weighted by Crippen LogP contribution is -2.10. The monoisotopic (exact) mass is 358 g/mol. The molecule has 1 aromatic carbocycles. The number of rotatable bonds is 3. The molecule has 0 radical (unpaired) electrons. The lowest BCUT2D eigenvalue weighted by molar-refractivity contribution is -0.138. The first kappa shape index (κ1) is 14.3.